The van der Waals surface area contributed by atoms with Crippen LogP contribution in [0.4, 0.5) is 0 Å². The Hall–Kier alpha value is -6.45. The van der Waals surface area contributed by atoms with Gasteiger partial charge in [0.2, 0.25) is 0 Å². The molecule has 3 heterocycles. The van der Waals surface area contributed by atoms with E-state index in [1.165, 1.54) is 27.4 Å². The van der Waals surface area contributed by atoms with Crippen molar-refractivity contribution < 1.29 is 4.42 Å². The van der Waals surface area contributed by atoms with Crippen LogP contribution in [0.15, 0.2) is 174 Å². The molecule has 0 radical (unpaired) electrons. The molecule has 0 spiro atoms. The van der Waals surface area contributed by atoms with Gasteiger partial charge in [-0.25, -0.2) is 4.98 Å². The van der Waals surface area contributed by atoms with Crippen LogP contribution in [0.25, 0.3) is 93.8 Å². The maximum Gasteiger partial charge on any atom is 0.136 e. The number of para-hydroxylation sites is 3. The van der Waals surface area contributed by atoms with Crippen LogP contribution in [0.3, 0.4) is 0 Å². The van der Waals surface area contributed by atoms with E-state index in [4.69, 9.17) is 9.40 Å². The number of rotatable bonds is 4. The summed E-state index contributed by atoms with van der Waals surface area (Å²) in [5.41, 5.74) is 13.0. The lowest BCUT2D eigenvalue weighted by Crippen LogP contribution is -1.92. The van der Waals surface area contributed by atoms with E-state index in [9.17, 15) is 0 Å². The first kappa shape index (κ1) is 26.7. The highest BCUT2D eigenvalue weighted by Crippen LogP contribution is 2.42. The average molecular weight is 613 g/mol. The molecule has 0 atom stereocenters. The molecule has 10 aromatic rings. The molecule has 0 bridgehead atoms. The van der Waals surface area contributed by atoms with Gasteiger partial charge in [0.15, 0.2) is 0 Å². The third kappa shape index (κ3) is 4.11. The van der Waals surface area contributed by atoms with Crippen molar-refractivity contribution in [3.05, 3.63) is 170 Å². The fourth-order valence-corrected chi connectivity index (χ4v) is 7.39. The Labute approximate surface area is 277 Å². The molecule has 0 aliphatic carbocycles. The van der Waals surface area contributed by atoms with E-state index in [1.54, 1.807) is 0 Å². The highest BCUT2D eigenvalue weighted by Gasteiger charge is 2.18. The lowest BCUT2D eigenvalue weighted by atomic mass is 9.94. The van der Waals surface area contributed by atoms with E-state index >= 15 is 0 Å². The van der Waals surface area contributed by atoms with Crippen LogP contribution in [0.5, 0.6) is 0 Å². The van der Waals surface area contributed by atoms with Gasteiger partial charge in [-0.3, -0.25) is 0 Å². The van der Waals surface area contributed by atoms with Crippen LogP contribution in [0, 0.1) is 0 Å². The number of aromatic nitrogens is 2. The van der Waals surface area contributed by atoms with Crippen molar-refractivity contribution in [2.24, 2.45) is 0 Å². The van der Waals surface area contributed by atoms with E-state index in [1.807, 2.05) is 6.07 Å². The molecule has 10 rings (SSSR count). The van der Waals surface area contributed by atoms with Gasteiger partial charge in [0.1, 0.15) is 11.2 Å². The third-order valence-electron chi connectivity index (χ3n) is 9.59. The van der Waals surface area contributed by atoms with E-state index < -0.39 is 0 Å². The van der Waals surface area contributed by atoms with Gasteiger partial charge in [-0.2, -0.15) is 0 Å². The van der Waals surface area contributed by atoms with Crippen molar-refractivity contribution in [2.75, 3.05) is 0 Å². The van der Waals surface area contributed by atoms with Crippen molar-refractivity contribution in [1.82, 2.24) is 9.55 Å². The Morgan fingerprint density at radius 1 is 0.417 bits per heavy atom. The third-order valence-corrected chi connectivity index (χ3v) is 9.59. The molecule has 48 heavy (non-hydrogen) atoms. The normalized spacial score (nSPS) is 11.8. The Morgan fingerprint density at radius 3 is 1.96 bits per heavy atom. The molecule has 0 amide bonds. The molecule has 0 saturated carbocycles. The van der Waals surface area contributed by atoms with E-state index in [0.29, 0.717) is 0 Å². The van der Waals surface area contributed by atoms with Gasteiger partial charge < -0.3 is 8.98 Å². The Morgan fingerprint density at radius 2 is 1.10 bits per heavy atom. The minimum Gasteiger partial charge on any atom is -0.456 e. The maximum atomic E-state index is 6.49. The first-order valence-corrected chi connectivity index (χ1v) is 16.3. The first-order chi connectivity index (χ1) is 23.8. The fourth-order valence-electron chi connectivity index (χ4n) is 7.39. The Bertz CT molecular complexity index is 2830. The maximum absolute atomic E-state index is 6.49. The molecule has 3 heteroatoms. The molecule has 0 unspecified atom stereocenters. The van der Waals surface area contributed by atoms with Gasteiger partial charge >= 0.3 is 0 Å². The second-order valence-corrected chi connectivity index (χ2v) is 12.3. The number of benzene rings is 7. The lowest BCUT2D eigenvalue weighted by molar-refractivity contribution is 0.669. The smallest absolute Gasteiger partial charge is 0.136 e. The number of fused-ring (bicyclic) bond motifs is 7. The summed E-state index contributed by atoms with van der Waals surface area (Å²) in [4.78, 5) is 5.06. The summed E-state index contributed by atoms with van der Waals surface area (Å²) in [6.07, 6.45) is 0. The minimum absolute atomic E-state index is 0.878. The average Bonchev–Trinajstić information content (AvgIpc) is 3.70. The lowest BCUT2D eigenvalue weighted by Gasteiger charge is -2.12. The number of hydrogen-bond acceptors (Lipinski definition) is 2. The van der Waals surface area contributed by atoms with E-state index in [2.05, 4.69) is 168 Å². The molecular weight excluding hydrogens is 585 g/mol. The van der Waals surface area contributed by atoms with Crippen molar-refractivity contribution in [2.45, 2.75) is 0 Å². The highest BCUT2D eigenvalue weighted by molar-refractivity contribution is 6.16. The van der Waals surface area contributed by atoms with Gasteiger partial charge in [-0.05, 0) is 82.9 Å². The fraction of sp³-hybridized carbons (Fsp3) is 0. The van der Waals surface area contributed by atoms with Crippen molar-refractivity contribution >= 4 is 54.6 Å². The zero-order valence-corrected chi connectivity index (χ0v) is 26.0. The molecule has 3 nitrogen and oxygen atoms in total. The van der Waals surface area contributed by atoms with E-state index in [0.717, 1.165) is 66.5 Å². The van der Waals surface area contributed by atoms with Crippen molar-refractivity contribution in [3.8, 4) is 39.2 Å². The van der Waals surface area contributed by atoms with Crippen LogP contribution < -0.4 is 0 Å². The molecular formula is C45H28N2O. The van der Waals surface area contributed by atoms with Crippen LogP contribution in [-0.4, -0.2) is 9.55 Å². The second kappa shape index (κ2) is 10.5. The Balaban J connectivity index is 1.19. The van der Waals surface area contributed by atoms with Crippen LogP contribution >= 0.6 is 0 Å². The summed E-state index contributed by atoms with van der Waals surface area (Å²) < 4.78 is 8.85. The highest BCUT2D eigenvalue weighted by atomic mass is 16.3. The van der Waals surface area contributed by atoms with Gasteiger partial charge in [-0.1, -0.05) is 109 Å². The van der Waals surface area contributed by atoms with Crippen LogP contribution in [0.2, 0.25) is 0 Å². The predicted molar refractivity (Wildman–Crippen MR) is 200 cm³/mol. The van der Waals surface area contributed by atoms with Crippen molar-refractivity contribution in [1.29, 1.82) is 0 Å². The standard InChI is InChI=1S/C45H28N2O/c1-3-12-29(13-4-1)40-28-36(33-16-7-9-19-39(33)46-40)35-18-11-21-44-45(35)38-27-31(23-25-43(38)48-44)30-22-24-42-37(26-30)34-17-8-10-20-41(34)47(42)32-14-5-2-6-15-32/h1-28H. The largest absolute Gasteiger partial charge is 0.456 e. The zero-order chi connectivity index (χ0) is 31.6. The molecule has 0 aliphatic rings. The van der Waals surface area contributed by atoms with Crippen LogP contribution in [0.1, 0.15) is 0 Å². The van der Waals surface area contributed by atoms with Gasteiger partial charge in [0, 0.05) is 38.2 Å². The summed E-state index contributed by atoms with van der Waals surface area (Å²) in [6.45, 7) is 0. The summed E-state index contributed by atoms with van der Waals surface area (Å²) in [6, 6.07) is 60.1. The second-order valence-electron chi connectivity index (χ2n) is 12.3. The summed E-state index contributed by atoms with van der Waals surface area (Å²) in [7, 11) is 0. The molecule has 0 aliphatic heterocycles. The topological polar surface area (TPSA) is 31.0 Å². The minimum atomic E-state index is 0.878. The molecule has 0 saturated heterocycles. The molecule has 7 aromatic carbocycles. The molecule has 224 valence electrons. The van der Waals surface area contributed by atoms with Crippen molar-refractivity contribution in [3.63, 3.8) is 0 Å². The first-order valence-electron chi connectivity index (χ1n) is 16.3. The van der Waals surface area contributed by atoms with Crippen LogP contribution in [-0.2, 0) is 0 Å². The number of hydrogen-bond donors (Lipinski definition) is 0. The zero-order valence-electron chi connectivity index (χ0n) is 26.0. The predicted octanol–water partition coefficient (Wildman–Crippen LogP) is 12.2. The number of furan rings is 1. The van der Waals surface area contributed by atoms with E-state index in [-0.39, 0.29) is 0 Å². The number of nitrogens with zero attached hydrogens (tertiary/aromatic N) is 2. The van der Waals surface area contributed by atoms with Gasteiger partial charge in [0.05, 0.1) is 22.2 Å². The molecule has 0 N–H and O–H groups in total. The van der Waals surface area contributed by atoms with Gasteiger partial charge in [0.25, 0.3) is 0 Å². The quantitative estimate of drug-likeness (QED) is 0.198. The monoisotopic (exact) mass is 612 g/mol. The summed E-state index contributed by atoms with van der Waals surface area (Å²) >= 11 is 0. The molecule has 3 aromatic heterocycles. The Kier molecular flexibility index (Phi) is 5.87. The van der Waals surface area contributed by atoms with Gasteiger partial charge in [-0.15, -0.1) is 0 Å². The SMILES string of the molecule is c1ccc(-c2cc(-c3cccc4oc5ccc(-c6ccc7c(c6)c6ccccc6n7-c6ccccc6)cc5c34)c3ccccc3n2)cc1. The summed E-state index contributed by atoms with van der Waals surface area (Å²) in [5, 5.41) is 5.82. The number of pyridine rings is 1. The molecule has 0 fully saturated rings. The summed E-state index contributed by atoms with van der Waals surface area (Å²) in [5.74, 6) is 0.